The molecule has 0 aliphatic rings. The number of hydrogen-bond acceptors (Lipinski definition) is 5. The van der Waals surface area contributed by atoms with E-state index in [1.54, 1.807) is 35.4 Å². The van der Waals surface area contributed by atoms with Crippen molar-refractivity contribution in [2.75, 3.05) is 19.7 Å². The number of para-hydroxylation sites is 1. The van der Waals surface area contributed by atoms with Gasteiger partial charge in [-0.3, -0.25) is 4.79 Å². The van der Waals surface area contributed by atoms with Crippen LogP contribution >= 0.6 is 0 Å². The van der Waals surface area contributed by atoms with Gasteiger partial charge in [-0.1, -0.05) is 30.4 Å². The lowest BCUT2D eigenvalue weighted by Gasteiger charge is -2.20. The normalized spacial score (nSPS) is 10.6. The first-order valence-corrected chi connectivity index (χ1v) is 9.02. The Balaban J connectivity index is 1.85. The standard InChI is InChI=1S/C22H22N2O4/c1-4-24(13-15(2)3)21(25)14-28-22(26)17-12-19(20-10-7-11-27-20)23-18-9-6-5-8-16(17)18/h5-12H,2,4,13-14H2,1,3H3. The van der Waals surface area contributed by atoms with Crippen LogP contribution in [0.25, 0.3) is 22.4 Å². The fraction of sp³-hybridized carbons (Fsp3) is 0.227. The molecule has 0 spiro atoms. The Bertz CT molecular complexity index is 1010. The lowest BCUT2D eigenvalue weighted by molar-refractivity contribution is -0.133. The second-order valence-corrected chi connectivity index (χ2v) is 6.49. The first-order chi connectivity index (χ1) is 13.5. The van der Waals surface area contributed by atoms with E-state index >= 15 is 0 Å². The van der Waals surface area contributed by atoms with Gasteiger partial charge >= 0.3 is 5.97 Å². The zero-order valence-electron chi connectivity index (χ0n) is 16.0. The third kappa shape index (κ3) is 4.28. The number of carbonyl (C=O) groups is 2. The van der Waals surface area contributed by atoms with Crippen LogP contribution < -0.4 is 0 Å². The Hall–Kier alpha value is -3.41. The summed E-state index contributed by atoms with van der Waals surface area (Å²) in [6.07, 6.45) is 1.55. The number of carbonyl (C=O) groups excluding carboxylic acids is 2. The summed E-state index contributed by atoms with van der Waals surface area (Å²) in [5, 5.41) is 0.657. The molecule has 28 heavy (non-hydrogen) atoms. The van der Waals surface area contributed by atoms with E-state index in [2.05, 4.69) is 11.6 Å². The van der Waals surface area contributed by atoms with Gasteiger partial charge < -0.3 is 14.1 Å². The number of esters is 1. The van der Waals surface area contributed by atoms with Gasteiger partial charge in [0.25, 0.3) is 5.91 Å². The fourth-order valence-electron chi connectivity index (χ4n) is 2.89. The van der Waals surface area contributed by atoms with Crippen LogP contribution in [-0.2, 0) is 9.53 Å². The summed E-state index contributed by atoms with van der Waals surface area (Å²) in [7, 11) is 0. The molecule has 0 aliphatic heterocycles. The van der Waals surface area contributed by atoms with Crippen LogP contribution in [0.15, 0.2) is 65.3 Å². The second-order valence-electron chi connectivity index (χ2n) is 6.49. The molecular formula is C22H22N2O4. The maximum Gasteiger partial charge on any atom is 0.339 e. The molecule has 0 N–H and O–H groups in total. The van der Waals surface area contributed by atoms with E-state index in [0.717, 1.165) is 5.57 Å². The van der Waals surface area contributed by atoms with Crippen molar-refractivity contribution in [3.63, 3.8) is 0 Å². The highest BCUT2D eigenvalue weighted by Crippen LogP contribution is 2.25. The number of likely N-dealkylation sites (N-methyl/N-ethyl adjacent to an activating group) is 1. The zero-order chi connectivity index (χ0) is 20.1. The van der Waals surface area contributed by atoms with Gasteiger partial charge in [0.1, 0.15) is 5.69 Å². The van der Waals surface area contributed by atoms with Gasteiger partial charge in [0.15, 0.2) is 12.4 Å². The van der Waals surface area contributed by atoms with Crippen LogP contribution in [0.5, 0.6) is 0 Å². The monoisotopic (exact) mass is 378 g/mol. The van der Waals surface area contributed by atoms with Gasteiger partial charge in [0.2, 0.25) is 0 Å². The van der Waals surface area contributed by atoms with Crippen LogP contribution in [0, 0.1) is 0 Å². The molecule has 0 atom stereocenters. The van der Waals surface area contributed by atoms with E-state index in [1.807, 2.05) is 32.0 Å². The predicted octanol–water partition coefficient (Wildman–Crippen LogP) is 4.08. The number of furan rings is 1. The molecule has 0 unspecified atom stereocenters. The first-order valence-electron chi connectivity index (χ1n) is 9.02. The number of nitrogens with zero attached hydrogens (tertiary/aromatic N) is 2. The highest BCUT2D eigenvalue weighted by atomic mass is 16.5. The number of fused-ring (bicyclic) bond motifs is 1. The smallest absolute Gasteiger partial charge is 0.339 e. The molecule has 0 fully saturated rings. The number of amides is 1. The highest BCUT2D eigenvalue weighted by Gasteiger charge is 2.19. The largest absolute Gasteiger partial charge is 0.463 e. The molecule has 0 saturated carbocycles. The molecule has 2 aromatic heterocycles. The number of ether oxygens (including phenoxy) is 1. The topological polar surface area (TPSA) is 72.6 Å². The fourth-order valence-corrected chi connectivity index (χ4v) is 2.89. The molecular weight excluding hydrogens is 356 g/mol. The van der Waals surface area contributed by atoms with Crippen LogP contribution in [0.3, 0.4) is 0 Å². The van der Waals surface area contributed by atoms with Crippen molar-refractivity contribution in [2.24, 2.45) is 0 Å². The molecule has 0 bridgehead atoms. The van der Waals surface area contributed by atoms with E-state index in [4.69, 9.17) is 9.15 Å². The van der Waals surface area contributed by atoms with Crippen LogP contribution in [-0.4, -0.2) is 41.5 Å². The molecule has 144 valence electrons. The van der Waals surface area contributed by atoms with Crippen molar-refractivity contribution in [3.05, 3.63) is 66.4 Å². The summed E-state index contributed by atoms with van der Waals surface area (Å²) < 4.78 is 10.7. The molecule has 3 rings (SSSR count). The SMILES string of the molecule is C=C(C)CN(CC)C(=O)COC(=O)c1cc(-c2ccco2)nc2ccccc12. The first kappa shape index (κ1) is 19.4. The van der Waals surface area contributed by atoms with Gasteiger partial charge in [0.05, 0.1) is 17.3 Å². The summed E-state index contributed by atoms with van der Waals surface area (Å²) in [4.78, 5) is 31.2. The molecule has 1 aromatic carbocycles. The summed E-state index contributed by atoms with van der Waals surface area (Å²) in [5.41, 5.74) is 2.38. The maximum absolute atomic E-state index is 12.7. The van der Waals surface area contributed by atoms with Gasteiger partial charge in [-0.05, 0) is 38.1 Å². The summed E-state index contributed by atoms with van der Waals surface area (Å²) >= 11 is 0. The lowest BCUT2D eigenvalue weighted by Crippen LogP contribution is -2.35. The van der Waals surface area contributed by atoms with E-state index in [1.165, 1.54) is 0 Å². The van der Waals surface area contributed by atoms with Crippen molar-refractivity contribution in [1.29, 1.82) is 0 Å². The van der Waals surface area contributed by atoms with Gasteiger partial charge in [0, 0.05) is 18.5 Å². The van der Waals surface area contributed by atoms with Crippen molar-refractivity contribution >= 4 is 22.8 Å². The molecule has 0 radical (unpaired) electrons. The minimum atomic E-state index is -0.578. The Morgan fingerprint density at radius 3 is 2.68 bits per heavy atom. The third-order valence-corrected chi connectivity index (χ3v) is 4.23. The number of aromatic nitrogens is 1. The van der Waals surface area contributed by atoms with E-state index < -0.39 is 5.97 Å². The summed E-state index contributed by atoms with van der Waals surface area (Å²) in [6.45, 7) is 8.17. The molecule has 0 aliphatic carbocycles. The molecule has 2 heterocycles. The number of hydrogen-bond donors (Lipinski definition) is 0. The lowest BCUT2D eigenvalue weighted by atomic mass is 10.1. The molecule has 1 amide bonds. The number of rotatable bonds is 7. The van der Waals surface area contributed by atoms with Gasteiger partial charge in [-0.25, -0.2) is 9.78 Å². The Morgan fingerprint density at radius 2 is 2.00 bits per heavy atom. The highest BCUT2D eigenvalue weighted by molar-refractivity contribution is 6.05. The summed E-state index contributed by atoms with van der Waals surface area (Å²) in [5.74, 6) is -0.288. The van der Waals surface area contributed by atoms with Crippen LogP contribution in [0.1, 0.15) is 24.2 Å². The number of benzene rings is 1. The van der Waals surface area contributed by atoms with Crippen LogP contribution in [0.2, 0.25) is 0 Å². The van der Waals surface area contributed by atoms with E-state index in [0.29, 0.717) is 41.0 Å². The molecule has 3 aromatic rings. The van der Waals surface area contributed by atoms with Gasteiger partial charge in [-0.2, -0.15) is 0 Å². The minimum absolute atomic E-state index is 0.261. The molecule has 0 saturated heterocycles. The second kappa shape index (κ2) is 8.52. The minimum Gasteiger partial charge on any atom is -0.463 e. The van der Waals surface area contributed by atoms with Crippen molar-refractivity contribution in [1.82, 2.24) is 9.88 Å². The average Bonchev–Trinajstić information content (AvgIpc) is 3.23. The quantitative estimate of drug-likeness (QED) is 0.458. The van der Waals surface area contributed by atoms with Crippen molar-refractivity contribution in [2.45, 2.75) is 13.8 Å². The molecule has 6 heteroatoms. The Labute approximate surface area is 163 Å². The number of pyridine rings is 1. The Kier molecular flexibility index (Phi) is 5.89. The van der Waals surface area contributed by atoms with Crippen molar-refractivity contribution < 1.29 is 18.7 Å². The van der Waals surface area contributed by atoms with Crippen molar-refractivity contribution in [3.8, 4) is 11.5 Å². The average molecular weight is 378 g/mol. The zero-order valence-corrected chi connectivity index (χ0v) is 16.0. The third-order valence-electron chi connectivity index (χ3n) is 4.23. The summed E-state index contributed by atoms with van der Waals surface area (Å²) in [6, 6.07) is 12.4. The van der Waals surface area contributed by atoms with Crippen LogP contribution in [0.4, 0.5) is 0 Å². The van der Waals surface area contributed by atoms with E-state index in [9.17, 15) is 9.59 Å². The predicted molar refractivity (Wildman–Crippen MR) is 107 cm³/mol. The Morgan fingerprint density at radius 1 is 1.21 bits per heavy atom. The van der Waals surface area contributed by atoms with E-state index in [-0.39, 0.29) is 12.5 Å². The maximum atomic E-state index is 12.7. The van der Waals surface area contributed by atoms with Gasteiger partial charge in [-0.15, -0.1) is 0 Å². The molecule has 6 nitrogen and oxygen atoms in total.